The second-order valence-electron chi connectivity index (χ2n) is 9.45. The van der Waals surface area contributed by atoms with E-state index in [0.29, 0.717) is 17.1 Å². The molecule has 39 heavy (non-hydrogen) atoms. The standard InChI is InChI=1S/C29H25F3N2O5/c30-29(31,32)19-3-7-21(8-4-19)39-22-9-10-24-23(15-22)27(28(37)38)25(16-26(35)36)34(24)20-5-1-17(2-6-20)18-11-13-33-14-12-18/h1-10,15,18,33H,11-14,16H2,(H,35,36)(H,37,38). The van der Waals surface area contributed by atoms with Gasteiger partial charge in [-0.2, -0.15) is 13.2 Å². The van der Waals surface area contributed by atoms with E-state index in [2.05, 4.69) is 5.32 Å². The molecule has 1 saturated heterocycles. The number of aromatic nitrogens is 1. The molecule has 3 N–H and O–H groups in total. The molecular formula is C29H25F3N2O5. The number of hydrogen-bond acceptors (Lipinski definition) is 4. The van der Waals surface area contributed by atoms with Gasteiger partial charge >= 0.3 is 18.1 Å². The molecule has 0 bridgehead atoms. The molecule has 1 aliphatic rings. The van der Waals surface area contributed by atoms with Gasteiger partial charge in [0.15, 0.2) is 0 Å². The number of alkyl halides is 3. The molecule has 1 aromatic heterocycles. The molecule has 1 aliphatic heterocycles. The first-order valence-electron chi connectivity index (χ1n) is 12.4. The first kappa shape index (κ1) is 26.3. The summed E-state index contributed by atoms with van der Waals surface area (Å²) in [7, 11) is 0. The number of hydrogen-bond donors (Lipinski definition) is 3. The lowest BCUT2D eigenvalue weighted by Crippen LogP contribution is -2.26. The summed E-state index contributed by atoms with van der Waals surface area (Å²) >= 11 is 0. The number of nitrogens with zero attached hydrogens (tertiary/aromatic N) is 1. The SMILES string of the molecule is O=C(O)Cc1c(C(=O)O)c2cc(Oc3ccc(C(F)(F)F)cc3)ccc2n1-c1ccc(C2CCNCC2)cc1. The predicted octanol–water partition coefficient (Wildman–Crippen LogP) is 6.23. The Morgan fingerprint density at radius 2 is 1.56 bits per heavy atom. The van der Waals surface area contributed by atoms with Crippen molar-refractivity contribution in [2.75, 3.05) is 13.1 Å². The van der Waals surface area contributed by atoms with Crippen molar-refractivity contribution >= 4 is 22.8 Å². The maximum Gasteiger partial charge on any atom is 0.416 e. The number of nitrogens with one attached hydrogen (secondary N) is 1. The van der Waals surface area contributed by atoms with Crippen LogP contribution in [0.15, 0.2) is 66.7 Å². The van der Waals surface area contributed by atoms with E-state index in [0.717, 1.165) is 38.1 Å². The molecule has 3 aromatic carbocycles. The summed E-state index contributed by atoms with van der Waals surface area (Å²) in [5.74, 6) is -1.73. The molecule has 202 valence electrons. The normalized spacial score (nSPS) is 14.4. The Bertz CT molecular complexity index is 1520. The molecule has 0 atom stereocenters. The Kier molecular flexibility index (Phi) is 7.05. The molecule has 0 spiro atoms. The van der Waals surface area contributed by atoms with Crippen molar-refractivity contribution in [2.45, 2.75) is 31.4 Å². The van der Waals surface area contributed by atoms with Gasteiger partial charge in [-0.15, -0.1) is 0 Å². The zero-order valence-electron chi connectivity index (χ0n) is 20.7. The van der Waals surface area contributed by atoms with E-state index in [1.165, 1.54) is 23.8 Å². The number of ether oxygens (including phenoxy) is 1. The van der Waals surface area contributed by atoms with Crippen LogP contribution in [-0.2, 0) is 17.4 Å². The monoisotopic (exact) mass is 538 g/mol. The second kappa shape index (κ2) is 10.5. The minimum Gasteiger partial charge on any atom is -0.481 e. The van der Waals surface area contributed by atoms with Gasteiger partial charge in [0.25, 0.3) is 0 Å². The van der Waals surface area contributed by atoms with Gasteiger partial charge in [0, 0.05) is 16.8 Å². The molecule has 1 fully saturated rings. The number of halogens is 3. The lowest BCUT2D eigenvalue weighted by atomic mass is 9.90. The number of carbonyl (C=O) groups is 2. The number of carboxylic acids is 2. The summed E-state index contributed by atoms with van der Waals surface area (Å²) in [6.45, 7) is 1.88. The highest BCUT2D eigenvalue weighted by Crippen LogP contribution is 2.36. The molecular weight excluding hydrogens is 513 g/mol. The third-order valence-corrected chi connectivity index (χ3v) is 6.95. The first-order chi connectivity index (χ1) is 18.6. The van der Waals surface area contributed by atoms with Crippen molar-refractivity contribution in [3.8, 4) is 17.2 Å². The number of rotatable bonds is 7. The van der Waals surface area contributed by atoms with Gasteiger partial charge in [0.1, 0.15) is 11.5 Å². The summed E-state index contributed by atoms with van der Waals surface area (Å²) in [4.78, 5) is 24.1. The minimum absolute atomic E-state index is 0.103. The minimum atomic E-state index is -4.48. The summed E-state index contributed by atoms with van der Waals surface area (Å²) in [5.41, 5.74) is 1.37. The Hall–Kier alpha value is -4.31. The van der Waals surface area contributed by atoms with Crippen LogP contribution in [0.1, 0.15) is 45.9 Å². The van der Waals surface area contributed by atoms with Crippen molar-refractivity contribution < 1.29 is 37.7 Å². The Morgan fingerprint density at radius 1 is 0.923 bits per heavy atom. The fourth-order valence-electron chi connectivity index (χ4n) is 5.13. The van der Waals surface area contributed by atoms with Crippen molar-refractivity contribution in [2.24, 2.45) is 0 Å². The topological polar surface area (TPSA) is 101 Å². The quantitative estimate of drug-likeness (QED) is 0.258. The van der Waals surface area contributed by atoms with Crippen LogP contribution in [-0.4, -0.2) is 39.8 Å². The Labute approximate surface area is 221 Å². The fraction of sp³-hybridized carbons (Fsp3) is 0.241. The molecule has 4 aromatic rings. The predicted molar refractivity (Wildman–Crippen MR) is 138 cm³/mol. The van der Waals surface area contributed by atoms with Crippen LogP contribution in [0.25, 0.3) is 16.6 Å². The largest absolute Gasteiger partial charge is 0.481 e. The third kappa shape index (κ3) is 5.46. The fourth-order valence-corrected chi connectivity index (χ4v) is 5.13. The van der Waals surface area contributed by atoms with Crippen LogP contribution >= 0.6 is 0 Å². The molecule has 10 heteroatoms. The third-order valence-electron chi connectivity index (χ3n) is 6.95. The molecule has 0 aliphatic carbocycles. The van der Waals surface area contributed by atoms with Crippen molar-refractivity contribution in [1.82, 2.24) is 9.88 Å². The lowest BCUT2D eigenvalue weighted by molar-refractivity contribution is -0.138. The molecule has 0 radical (unpaired) electrons. The number of carboxylic acid groups (broad SMARTS) is 2. The number of piperidine rings is 1. The van der Waals surface area contributed by atoms with E-state index in [9.17, 15) is 33.0 Å². The second-order valence-corrected chi connectivity index (χ2v) is 9.45. The number of aromatic carboxylic acids is 1. The van der Waals surface area contributed by atoms with Crippen LogP contribution in [0.4, 0.5) is 13.2 Å². The smallest absolute Gasteiger partial charge is 0.416 e. The van der Waals surface area contributed by atoms with Gasteiger partial charge in [-0.3, -0.25) is 4.79 Å². The van der Waals surface area contributed by atoms with E-state index in [4.69, 9.17) is 4.74 Å². The number of fused-ring (bicyclic) bond motifs is 1. The Morgan fingerprint density at radius 3 is 2.15 bits per heavy atom. The van der Waals surface area contributed by atoms with Gasteiger partial charge in [-0.1, -0.05) is 12.1 Å². The highest BCUT2D eigenvalue weighted by atomic mass is 19.4. The summed E-state index contributed by atoms with van der Waals surface area (Å²) in [5, 5.41) is 23.3. The Balaban J connectivity index is 1.57. The van der Waals surface area contributed by atoms with E-state index >= 15 is 0 Å². The van der Waals surface area contributed by atoms with E-state index in [-0.39, 0.29) is 28.1 Å². The van der Waals surface area contributed by atoms with Crippen molar-refractivity contribution in [1.29, 1.82) is 0 Å². The molecule has 7 nitrogen and oxygen atoms in total. The molecule has 5 rings (SSSR count). The van der Waals surface area contributed by atoms with E-state index in [1.807, 2.05) is 24.3 Å². The van der Waals surface area contributed by atoms with Crippen molar-refractivity contribution in [3.05, 3.63) is 89.1 Å². The van der Waals surface area contributed by atoms with Crippen LogP contribution in [0.5, 0.6) is 11.5 Å². The maximum absolute atomic E-state index is 12.9. The van der Waals surface area contributed by atoms with Gasteiger partial charge < -0.3 is 24.8 Å². The molecule has 2 heterocycles. The van der Waals surface area contributed by atoms with Crippen LogP contribution in [0.3, 0.4) is 0 Å². The maximum atomic E-state index is 12.9. The number of aliphatic carboxylic acids is 1. The first-order valence-corrected chi connectivity index (χ1v) is 12.4. The van der Waals surface area contributed by atoms with Crippen LogP contribution in [0.2, 0.25) is 0 Å². The molecule has 0 amide bonds. The van der Waals surface area contributed by atoms with Gasteiger partial charge in [-0.25, -0.2) is 4.79 Å². The van der Waals surface area contributed by atoms with Crippen LogP contribution in [0, 0.1) is 0 Å². The average molecular weight is 539 g/mol. The average Bonchev–Trinajstić information content (AvgIpc) is 3.21. The summed E-state index contributed by atoms with van der Waals surface area (Å²) in [6, 6.07) is 16.5. The van der Waals surface area contributed by atoms with E-state index in [1.54, 1.807) is 16.7 Å². The lowest BCUT2D eigenvalue weighted by Gasteiger charge is -2.23. The van der Waals surface area contributed by atoms with Gasteiger partial charge in [0.2, 0.25) is 0 Å². The van der Waals surface area contributed by atoms with Gasteiger partial charge in [0.05, 0.1) is 23.1 Å². The van der Waals surface area contributed by atoms with E-state index < -0.39 is 30.1 Å². The zero-order valence-corrected chi connectivity index (χ0v) is 20.7. The summed E-state index contributed by atoms with van der Waals surface area (Å²) in [6.07, 6.45) is -2.98. The van der Waals surface area contributed by atoms with Crippen molar-refractivity contribution in [3.63, 3.8) is 0 Å². The molecule has 0 saturated carbocycles. The van der Waals surface area contributed by atoms with Crippen LogP contribution < -0.4 is 10.1 Å². The molecule has 0 unspecified atom stereocenters. The van der Waals surface area contributed by atoms with Gasteiger partial charge in [-0.05, 0) is 92.0 Å². The highest BCUT2D eigenvalue weighted by Gasteiger charge is 2.30. The zero-order chi connectivity index (χ0) is 27.7. The highest BCUT2D eigenvalue weighted by molar-refractivity contribution is 6.07. The summed E-state index contributed by atoms with van der Waals surface area (Å²) < 4.78 is 46.0. The number of benzene rings is 3.